The van der Waals surface area contributed by atoms with Crippen molar-refractivity contribution in [1.29, 1.82) is 0 Å². The highest BCUT2D eigenvalue weighted by molar-refractivity contribution is 5.01. The Bertz CT molecular complexity index is 648. The first-order chi connectivity index (χ1) is 16.7. The summed E-state index contributed by atoms with van der Waals surface area (Å²) in [7, 11) is 0. The second kappa shape index (κ2) is 20.7. The van der Waals surface area contributed by atoms with E-state index in [9.17, 15) is 5.11 Å². The van der Waals surface area contributed by atoms with Gasteiger partial charge in [0, 0.05) is 32.5 Å². The van der Waals surface area contributed by atoms with E-state index >= 15 is 0 Å². The lowest BCUT2D eigenvalue weighted by Crippen LogP contribution is -2.22. The van der Waals surface area contributed by atoms with Gasteiger partial charge in [-0.2, -0.15) is 0 Å². The Morgan fingerprint density at radius 1 is 0.886 bits per heavy atom. The number of allylic oxidation sites excluding steroid dienone is 1. The molecule has 3 saturated heterocycles. The van der Waals surface area contributed by atoms with Crippen LogP contribution in [0, 0.1) is 23.7 Å². The molecule has 3 aliphatic rings. The molecule has 0 amide bonds. The van der Waals surface area contributed by atoms with Crippen LogP contribution in [0.2, 0.25) is 0 Å². The van der Waals surface area contributed by atoms with Crippen molar-refractivity contribution in [3.63, 3.8) is 0 Å². The second-order valence-corrected chi connectivity index (χ2v) is 8.64. The molecule has 200 valence electrons. The van der Waals surface area contributed by atoms with Gasteiger partial charge < -0.3 is 33.9 Å². The van der Waals surface area contributed by atoms with E-state index in [0.29, 0.717) is 26.1 Å². The number of ether oxygens (including phenoxy) is 5. The molecule has 3 rings (SSSR count). The SMILES string of the molecule is C.C=CCCC(O)CC#CCOC1CCCCO1.OC1CCC(CC#CCOC2CCCCO2)O1. The number of hydrogen-bond donors (Lipinski definition) is 2. The first-order valence-electron chi connectivity index (χ1n) is 12.7. The van der Waals surface area contributed by atoms with Crippen LogP contribution in [0.4, 0.5) is 0 Å². The van der Waals surface area contributed by atoms with E-state index in [2.05, 4.69) is 30.3 Å². The van der Waals surface area contributed by atoms with Crippen LogP contribution in [0.3, 0.4) is 0 Å². The van der Waals surface area contributed by atoms with Crippen LogP contribution in [0.15, 0.2) is 12.7 Å². The Morgan fingerprint density at radius 2 is 1.51 bits per heavy atom. The molecule has 3 fully saturated rings. The summed E-state index contributed by atoms with van der Waals surface area (Å²) in [4.78, 5) is 0. The lowest BCUT2D eigenvalue weighted by molar-refractivity contribution is -0.154. The Labute approximate surface area is 212 Å². The summed E-state index contributed by atoms with van der Waals surface area (Å²) in [5.74, 6) is 11.8. The van der Waals surface area contributed by atoms with Crippen LogP contribution < -0.4 is 0 Å². The average Bonchev–Trinajstić information content (AvgIpc) is 3.29. The van der Waals surface area contributed by atoms with Crippen molar-refractivity contribution >= 4 is 0 Å². The highest BCUT2D eigenvalue weighted by Crippen LogP contribution is 2.19. The van der Waals surface area contributed by atoms with E-state index < -0.39 is 6.29 Å². The zero-order valence-corrected chi connectivity index (χ0v) is 20.4. The first kappa shape index (κ1) is 31.6. The fraction of sp³-hybridized carbons (Fsp3) is 0.786. The number of aliphatic hydroxyl groups excluding tert-OH is 2. The van der Waals surface area contributed by atoms with Gasteiger partial charge in [-0.05, 0) is 57.8 Å². The molecule has 0 aromatic carbocycles. The smallest absolute Gasteiger partial charge is 0.158 e. The van der Waals surface area contributed by atoms with Gasteiger partial charge in [-0.25, -0.2) is 0 Å². The van der Waals surface area contributed by atoms with Gasteiger partial charge in [-0.1, -0.05) is 37.2 Å². The Hall–Kier alpha value is -1.42. The minimum Gasteiger partial charge on any atom is -0.392 e. The molecular weight excluding hydrogens is 448 g/mol. The van der Waals surface area contributed by atoms with Crippen molar-refractivity contribution in [1.82, 2.24) is 0 Å². The van der Waals surface area contributed by atoms with Gasteiger partial charge in [0.25, 0.3) is 0 Å². The molecule has 7 nitrogen and oxygen atoms in total. The van der Waals surface area contributed by atoms with E-state index in [0.717, 1.165) is 64.6 Å². The second-order valence-electron chi connectivity index (χ2n) is 8.64. The third kappa shape index (κ3) is 16.0. The van der Waals surface area contributed by atoms with E-state index in [1.165, 1.54) is 12.8 Å². The van der Waals surface area contributed by atoms with Gasteiger partial charge in [-0.3, -0.25) is 0 Å². The maximum absolute atomic E-state index is 9.51. The topological polar surface area (TPSA) is 86.6 Å². The zero-order valence-electron chi connectivity index (χ0n) is 20.4. The van der Waals surface area contributed by atoms with Crippen LogP contribution in [0.25, 0.3) is 0 Å². The quantitative estimate of drug-likeness (QED) is 0.365. The molecule has 3 aliphatic heterocycles. The molecule has 2 N–H and O–H groups in total. The first-order valence-corrected chi connectivity index (χ1v) is 12.7. The Morgan fingerprint density at radius 3 is 2.03 bits per heavy atom. The third-order valence-electron chi connectivity index (χ3n) is 5.67. The molecule has 35 heavy (non-hydrogen) atoms. The third-order valence-corrected chi connectivity index (χ3v) is 5.67. The van der Waals surface area contributed by atoms with Crippen molar-refractivity contribution in [3.8, 4) is 23.7 Å². The minimum atomic E-state index is -0.589. The minimum absolute atomic E-state index is 0. The number of hydrogen-bond acceptors (Lipinski definition) is 7. The number of aliphatic hydroxyl groups is 2. The van der Waals surface area contributed by atoms with E-state index in [1.54, 1.807) is 6.08 Å². The molecule has 0 bridgehead atoms. The summed E-state index contributed by atoms with van der Waals surface area (Å²) in [5, 5.41) is 18.7. The van der Waals surface area contributed by atoms with Gasteiger partial charge in [0.05, 0.1) is 12.2 Å². The average molecular weight is 495 g/mol. The van der Waals surface area contributed by atoms with Crippen LogP contribution in [0.1, 0.15) is 84.5 Å². The van der Waals surface area contributed by atoms with Gasteiger partial charge in [0.2, 0.25) is 0 Å². The van der Waals surface area contributed by atoms with Crippen LogP contribution in [0.5, 0.6) is 0 Å². The fourth-order valence-corrected chi connectivity index (χ4v) is 3.68. The summed E-state index contributed by atoms with van der Waals surface area (Å²) in [6.07, 6.45) is 11.7. The predicted molar refractivity (Wildman–Crippen MR) is 136 cm³/mol. The predicted octanol–water partition coefficient (Wildman–Crippen LogP) is 4.31. The molecule has 0 aromatic heterocycles. The largest absolute Gasteiger partial charge is 0.392 e. The maximum Gasteiger partial charge on any atom is 0.158 e. The zero-order chi connectivity index (χ0) is 24.3. The van der Waals surface area contributed by atoms with Gasteiger partial charge >= 0.3 is 0 Å². The lowest BCUT2D eigenvalue weighted by Gasteiger charge is -2.21. The summed E-state index contributed by atoms with van der Waals surface area (Å²) >= 11 is 0. The van der Waals surface area contributed by atoms with E-state index in [4.69, 9.17) is 28.8 Å². The summed E-state index contributed by atoms with van der Waals surface area (Å²) in [6.45, 7) is 6.00. The van der Waals surface area contributed by atoms with Crippen molar-refractivity contribution in [2.75, 3.05) is 26.4 Å². The molecule has 5 atom stereocenters. The molecule has 5 unspecified atom stereocenters. The highest BCUT2D eigenvalue weighted by Gasteiger charge is 2.22. The normalized spacial score (nSPS) is 26.5. The molecule has 0 aliphatic carbocycles. The summed E-state index contributed by atoms with van der Waals surface area (Å²) in [6, 6.07) is 0. The molecule has 7 heteroatoms. The maximum atomic E-state index is 9.51. The van der Waals surface area contributed by atoms with E-state index in [1.807, 2.05) is 0 Å². The van der Waals surface area contributed by atoms with E-state index in [-0.39, 0.29) is 32.2 Å². The van der Waals surface area contributed by atoms with Crippen LogP contribution >= 0.6 is 0 Å². The van der Waals surface area contributed by atoms with Crippen molar-refractivity contribution < 1.29 is 33.9 Å². The Balaban J connectivity index is 0.000000340. The molecular formula is C28H46O7. The number of rotatable bonds is 9. The van der Waals surface area contributed by atoms with Crippen molar-refractivity contribution in [2.45, 2.75) is 116 Å². The van der Waals surface area contributed by atoms with Crippen molar-refractivity contribution in [2.24, 2.45) is 0 Å². The highest BCUT2D eigenvalue weighted by atomic mass is 16.7. The van der Waals surface area contributed by atoms with Crippen LogP contribution in [-0.4, -0.2) is 67.7 Å². The molecule has 0 radical (unpaired) electrons. The van der Waals surface area contributed by atoms with Gasteiger partial charge in [0.15, 0.2) is 18.9 Å². The fourth-order valence-electron chi connectivity index (χ4n) is 3.68. The molecule has 0 spiro atoms. The van der Waals surface area contributed by atoms with Crippen molar-refractivity contribution in [3.05, 3.63) is 12.7 Å². The monoisotopic (exact) mass is 494 g/mol. The summed E-state index contributed by atoms with van der Waals surface area (Å²) < 4.78 is 27.0. The Kier molecular flexibility index (Phi) is 18.7. The molecule has 0 aromatic rings. The molecule has 3 heterocycles. The van der Waals surface area contributed by atoms with Crippen LogP contribution in [-0.2, 0) is 23.7 Å². The molecule has 0 saturated carbocycles. The lowest BCUT2D eigenvalue weighted by atomic mass is 10.1. The van der Waals surface area contributed by atoms with Gasteiger partial charge in [0.1, 0.15) is 13.2 Å². The standard InChI is InChI=1S/C14H22O3.C13H20O4.CH4/c1-2-3-8-13(15)9-4-6-11-16-14-10-5-7-12-17-14;14-12-8-7-11(17-12)5-1-3-9-15-13-6-2-4-10-16-13;/h2,13-15H,1,3,5,7-12H2;11-14H,2,4-10H2;1H4. The summed E-state index contributed by atoms with van der Waals surface area (Å²) in [5.41, 5.74) is 0. The van der Waals surface area contributed by atoms with Gasteiger partial charge in [-0.15, -0.1) is 6.58 Å².